The molecule has 2 rings (SSSR count). The highest BCUT2D eigenvalue weighted by molar-refractivity contribution is 6.39. The summed E-state index contributed by atoms with van der Waals surface area (Å²) in [6.07, 6.45) is 1.68. The van der Waals surface area contributed by atoms with E-state index < -0.39 is 0 Å². The fourth-order valence-corrected chi connectivity index (χ4v) is 2.20. The van der Waals surface area contributed by atoms with Gasteiger partial charge in [-0.1, -0.05) is 29.3 Å². The van der Waals surface area contributed by atoms with E-state index in [4.69, 9.17) is 23.2 Å². The van der Waals surface area contributed by atoms with Crippen molar-refractivity contribution in [3.63, 3.8) is 0 Å². The zero-order chi connectivity index (χ0) is 15.2. The number of anilines is 1. The second kappa shape index (κ2) is 7.36. The highest BCUT2D eigenvalue weighted by atomic mass is 35.5. The summed E-state index contributed by atoms with van der Waals surface area (Å²) in [5, 5.41) is 6.49. The fraction of sp³-hybridized carbons (Fsp3) is 0.214. The van der Waals surface area contributed by atoms with E-state index in [1.54, 1.807) is 30.5 Å². The van der Waals surface area contributed by atoms with Crippen LogP contribution in [0.15, 0.2) is 30.5 Å². The molecule has 7 heteroatoms. The molecule has 1 heterocycles. The van der Waals surface area contributed by atoms with E-state index in [2.05, 4.69) is 20.6 Å². The first-order valence-corrected chi connectivity index (χ1v) is 7.05. The SMILES string of the molecule is Cc1nccc(CNCC(=O)Nc2c(Cl)cccc2Cl)n1. The molecule has 2 aromatic rings. The molecule has 2 N–H and O–H groups in total. The van der Waals surface area contributed by atoms with Crippen LogP contribution in [0.1, 0.15) is 11.5 Å². The van der Waals surface area contributed by atoms with Gasteiger partial charge in [0, 0.05) is 12.7 Å². The van der Waals surface area contributed by atoms with Crippen molar-refractivity contribution in [2.45, 2.75) is 13.5 Å². The van der Waals surface area contributed by atoms with Crippen molar-refractivity contribution in [3.05, 3.63) is 52.0 Å². The summed E-state index contributed by atoms with van der Waals surface area (Å²) >= 11 is 12.0. The molecule has 1 aromatic heterocycles. The Morgan fingerprint density at radius 2 is 1.95 bits per heavy atom. The summed E-state index contributed by atoms with van der Waals surface area (Å²) in [5.41, 5.74) is 1.25. The molecule has 0 saturated heterocycles. The molecule has 1 amide bonds. The first-order chi connectivity index (χ1) is 10.1. The number of nitrogens with zero attached hydrogens (tertiary/aromatic N) is 2. The Bertz CT molecular complexity index is 628. The average molecular weight is 325 g/mol. The molecular formula is C14H14Cl2N4O. The molecule has 0 bridgehead atoms. The van der Waals surface area contributed by atoms with Gasteiger partial charge in [-0.2, -0.15) is 0 Å². The van der Waals surface area contributed by atoms with Gasteiger partial charge in [-0.25, -0.2) is 9.97 Å². The molecule has 5 nitrogen and oxygen atoms in total. The summed E-state index contributed by atoms with van der Waals surface area (Å²) in [4.78, 5) is 20.1. The van der Waals surface area contributed by atoms with Crippen molar-refractivity contribution in [2.75, 3.05) is 11.9 Å². The van der Waals surface area contributed by atoms with Crippen LogP contribution in [0, 0.1) is 6.92 Å². The molecule has 0 atom stereocenters. The number of aromatic nitrogens is 2. The Hall–Kier alpha value is -1.69. The number of para-hydroxylation sites is 1. The quantitative estimate of drug-likeness (QED) is 0.887. The van der Waals surface area contributed by atoms with Gasteiger partial charge in [-0.15, -0.1) is 0 Å². The molecule has 0 saturated carbocycles. The van der Waals surface area contributed by atoms with Gasteiger partial charge in [0.15, 0.2) is 0 Å². The van der Waals surface area contributed by atoms with E-state index >= 15 is 0 Å². The number of carbonyl (C=O) groups excluding carboxylic acids is 1. The maximum Gasteiger partial charge on any atom is 0.238 e. The standard InChI is InChI=1S/C14H14Cl2N4O/c1-9-18-6-5-10(19-9)7-17-8-13(21)20-14-11(15)3-2-4-12(14)16/h2-6,17H,7-8H2,1H3,(H,20,21). The largest absolute Gasteiger partial charge is 0.322 e. The van der Waals surface area contributed by atoms with Crippen molar-refractivity contribution in [3.8, 4) is 0 Å². The number of hydrogen-bond donors (Lipinski definition) is 2. The van der Waals surface area contributed by atoms with Gasteiger partial charge < -0.3 is 10.6 Å². The topological polar surface area (TPSA) is 66.9 Å². The maximum absolute atomic E-state index is 11.9. The minimum absolute atomic E-state index is 0.130. The third-order valence-electron chi connectivity index (χ3n) is 2.65. The van der Waals surface area contributed by atoms with E-state index in [1.165, 1.54) is 0 Å². The van der Waals surface area contributed by atoms with E-state index in [0.717, 1.165) is 5.69 Å². The number of amides is 1. The van der Waals surface area contributed by atoms with Gasteiger partial charge in [0.2, 0.25) is 5.91 Å². The Labute approximate surface area is 132 Å². The van der Waals surface area contributed by atoms with Crippen LogP contribution in [0.25, 0.3) is 0 Å². The predicted octanol–water partition coefficient (Wildman–Crippen LogP) is 2.82. The summed E-state index contributed by atoms with van der Waals surface area (Å²) in [6, 6.07) is 6.85. The highest BCUT2D eigenvalue weighted by Crippen LogP contribution is 2.29. The molecule has 1 aromatic carbocycles. The van der Waals surface area contributed by atoms with Crippen molar-refractivity contribution in [1.82, 2.24) is 15.3 Å². The van der Waals surface area contributed by atoms with Crippen LogP contribution >= 0.6 is 23.2 Å². The number of rotatable bonds is 5. The van der Waals surface area contributed by atoms with Crippen molar-refractivity contribution >= 4 is 34.8 Å². The normalized spacial score (nSPS) is 10.4. The molecule has 0 spiro atoms. The van der Waals surface area contributed by atoms with Gasteiger partial charge in [0.05, 0.1) is 28.0 Å². The molecule has 0 aliphatic rings. The molecular weight excluding hydrogens is 311 g/mol. The molecule has 110 valence electrons. The summed E-state index contributed by atoms with van der Waals surface area (Å²) in [5.74, 6) is 0.470. The van der Waals surface area contributed by atoms with Crippen LogP contribution in [0.5, 0.6) is 0 Å². The molecule has 0 fully saturated rings. The van der Waals surface area contributed by atoms with Crippen LogP contribution in [-0.2, 0) is 11.3 Å². The minimum atomic E-state index is -0.226. The highest BCUT2D eigenvalue weighted by Gasteiger charge is 2.09. The van der Waals surface area contributed by atoms with Crippen LogP contribution in [0.2, 0.25) is 10.0 Å². The van der Waals surface area contributed by atoms with Gasteiger partial charge in [0.1, 0.15) is 5.82 Å². The summed E-state index contributed by atoms with van der Waals surface area (Å²) in [6.45, 7) is 2.42. The van der Waals surface area contributed by atoms with Gasteiger partial charge in [0.25, 0.3) is 0 Å². The molecule has 21 heavy (non-hydrogen) atoms. The lowest BCUT2D eigenvalue weighted by Gasteiger charge is -2.09. The molecule has 0 radical (unpaired) electrons. The van der Waals surface area contributed by atoms with Gasteiger partial charge in [-0.3, -0.25) is 4.79 Å². The zero-order valence-electron chi connectivity index (χ0n) is 11.4. The van der Waals surface area contributed by atoms with Crippen molar-refractivity contribution in [1.29, 1.82) is 0 Å². The van der Waals surface area contributed by atoms with Crippen molar-refractivity contribution < 1.29 is 4.79 Å². The van der Waals surface area contributed by atoms with Gasteiger partial charge >= 0.3 is 0 Å². The third-order valence-corrected chi connectivity index (χ3v) is 3.28. The van der Waals surface area contributed by atoms with E-state index in [9.17, 15) is 4.79 Å². The Morgan fingerprint density at radius 3 is 2.62 bits per heavy atom. The monoisotopic (exact) mass is 324 g/mol. The average Bonchev–Trinajstić information content (AvgIpc) is 2.43. The first kappa shape index (κ1) is 15.7. The predicted molar refractivity (Wildman–Crippen MR) is 83.6 cm³/mol. The number of benzene rings is 1. The smallest absolute Gasteiger partial charge is 0.238 e. The van der Waals surface area contributed by atoms with Crippen LogP contribution in [-0.4, -0.2) is 22.4 Å². The number of nitrogens with one attached hydrogen (secondary N) is 2. The Kier molecular flexibility index (Phi) is 5.50. The van der Waals surface area contributed by atoms with Crippen molar-refractivity contribution in [2.24, 2.45) is 0 Å². The second-order valence-corrected chi connectivity index (χ2v) is 5.16. The second-order valence-electron chi connectivity index (χ2n) is 4.34. The summed E-state index contributed by atoms with van der Waals surface area (Å²) < 4.78 is 0. The maximum atomic E-state index is 11.9. The lowest BCUT2D eigenvalue weighted by Crippen LogP contribution is -2.28. The third kappa shape index (κ3) is 4.67. The fourth-order valence-electron chi connectivity index (χ4n) is 1.71. The summed E-state index contributed by atoms with van der Waals surface area (Å²) in [7, 11) is 0. The Morgan fingerprint density at radius 1 is 1.24 bits per heavy atom. The molecule has 0 unspecified atom stereocenters. The number of halogens is 2. The van der Waals surface area contributed by atoms with E-state index in [0.29, 0.717) is 28.1 Å². The van der Waals surface area contributed by atoms with Crippen LogP contribution < -0.4 is 10.6 Å². The minimum Gasteiger partial charge on any atom is -0.322 e. The Balaban J connectivity index is 1.85. The number of hydrogen-bond acceptors (Lipinski definition) is 4. The number of carbonyl (C=O) groups is 1. The van der Waals surface area contributed by atoms with E-state index in [-0.39, 0.29) is 12.5 Å². The zero-order valence-corrected chi connectivity index (χ0v) is 12.9. The van der Waals surface area contributed by atoms with Gasteiger partial charge in [-0.05, 0) is 25.1 Å². The lowest BCUT2D eigenvalue weighted by atomic mass is 10.3. The molecule has 0 aliphatic carbocycles. The first-order valence-electron chi connectivity index (χ1n) is 6.29. The molecule has 0 aliphatic heterocycles. The van der Waals surface area contributed by atoms with E-state index in [1.807, 2.05) is 6.92 Å². The van der Waals surface area contributed by atoms with Crippen LogP contribution in [0.4, 0.5) is 5.69 Å². The lowest BCUT2D eigenvalue weighted by molar-refractivity contribution is -0.115. The number of aryl methyl sites for hydroxylation is 1. The van der Waals surface area contributed by atoms with Crippen LogP contribution in [0.3, 0.4) is 0 Å².